The van der Waals surface area contributed by atoms with Crippen molar-refractivity contribution in [1.82, 2.24) is 5.16 Å². The molecule has 1 aromatic rings. The van der Waals surface area contributed by atoms with Crippen LogP contribution in [0, 0.1) is 5.92 Å². The number of carbonyl (C=O) groups is 2. The van der Waals surface area contributed by atoms with Crippen LogP contribution in [0.25, 0.3) is 0 Å². The number of rotatable bonds is 8. The van der Waals surface area contributed by atoms with E-state index in [-0.39, 0.29) is 17.8 Å². The molecule has 2 atom stereocenters. The first-order chi connectivity index (χ1) is 10.2. The predicted molar refractivity (Wildman–Crippen MR) is 76.7 cm³/mol. The zero-order valence-corrected chi connectivity index (χ0v) is 12.5. The van der Waals surface area contributed by atoms with Crippen molar-refractivity contribution in [2.24, 2.45) is 5.92 Å². The van der Waals surface area contributed by atoms with Crippen molar-refractivity contribution in [1.29, 1.82) is 0 Å². The lowest BCUT2D eigenvalue weighted by molar-refractivity contribution is -0.140. The normalized spacial score (nSPS) is 21.7. The van der Waals surface area contributed by atoms with Crippen LogP contribution in [0.15, 0.2) is 16.9 Å². The van der Waals surface area contributed by atoms with Crippen molar-refractivity contribution in [2.45, 2.75) is 57.3 Å². The predicted octanol–water partition coefficient (Wildman–Crippen LogP) is 3.25. The lowest BCUT2D eigenvalue weighted by atomic mass is 9.88. The standard InChI is InChI=1S/C16H23NO4/c1-20-16(19)7-5-3-2-4-6-13-12(8-9-15(13)18)14-10-11-21-17-14/h10-13H,2-9H2,1H3. The van der Waals surface area contributed by atoms with Crippen LogP contribution >= 0.6 is 0 Å². The van der Waals surface area contributed by atoms with Crippen LogP contribution in [0.5, 0.6) is 0 Å². The van der Waals surface area contributed by atoms with Crippen LogP contribution < -0.4 is 0 Å². The Morgan fingerprint density at radius 1 is 1.38 bits per heavy atom. The van der Waals surface area contributed by atoms with Gasteiger partial charge in [-0.05, 0) is 19.3 Å². The second kappa shape index (κ2) is 7.96. The fraction of sp³-hybridized carbons (Fsp3) is 0.688. The quantitative estimate of drug-likeness (QED) is 0.543. The monoisotopic (exact) mass is 293 g/mol. The third kappa shape index (κ3) is 4.41. The summed E-state index contributed by atoms with van der Waals surface area (Å²) in [6.45, 7) is 0. The van der Waals surface area contributed by atoms with Crippen molar-refractivity contribution >= 4 is 11.8 Å². The minimum atomic E-state index is -0.146. The Kier molecular flexibility index (Phi) is 5.96. The molecule has 0 saturated heterocycles. The van der Waals surface area contributed by atoms with E-state index in [0.717, 1.165) is 44.2 Å². The van der Waals surface area contributed by atoms with Crippen LogP contribution in [-0.4, -0.2) is 24.0 Å². The Hall–Kier alpha value is -1.65. The highest BCUT2D eigenvalue weighted by atomic mass is 16.5. The molecule has 1 aliphatic carbocycles. The number of esters is 1. The zero-order valence-electron chi connectivity index (χ0n) is 12.5. The molecular formula is C16H23NO4. The van der Waals surface area contributed by atoms with Gasteiger partial charge in [-0.3, -0.25) is 9.59 Å². The number of carbonyl (C=O) groups excluding carboxylic acids is 2. The molecule has 116 valence electrons. The average Bonchev–Trinajstić information content (AvgIpc) is 3.12. The Morgan fingerprint density at radius 3 is 2.90 bits per heavy atom. The maximum Gasteiger partial charge on any atom is 0.305 e. The second-order valence-corrected chi connectivity index (χ2v) is 5.67. The number of Topliss-reactive ketones (excluding diaryl/α,β-unsaturated/α-hetero) is 1. The molecule has 0 aromatic carbocycles. The lowest BCUT2D eigenvalue weighted by Gasteiger charge is -2.15. The summed E-state index contributed by atoms with van der Waals surface area (Å²) >= 11 is 0. The van der Waals surface area contributed by atoms with Crippen molar-refractivity contribution in [2.75, 3.05) is 7.11 Å². The Bertz CT molecular complexity index is 455. The van der Waals surface area contributed by atoms with Crippen LogP contribution in [0.1, 0.15) is 63.0 Å². The van der Waals surface area contributed by atoms with Gasteiger partial charge in [0.1, 0.15) is 12.0 Å². The third-order valence-electron chi connectivity index (χ3n) is 4.31. The molecule has 1 saturated carbocycles. The van der Waals surface area contributed by atoms with Gasteiger partial charge in [-0.2, -0.15) is 0 Å². The largest absolute Gasteiger partial charge is 0.469 e. The van der Waals surface area contributed by atoms with Gasteiger partial charge in [0, 0.05) is 30.7 Å². The highest BCUT2D eigenvalue weighted by molar-refractivity contribution is 5.84. The van der Waals surface area contributed by atoms with E-state index >= 15 is 0 Å². The summed E-state index contributed by atoms with van der Waals surface area (Å²) in [6.07, 6.45) is 8.45. The van der Waals surface area contributed by atoms with Crippen LogP contribution in [0.4, 0.5) is 0 Å². The highest BCUT2D eigenvalue weighted by Crippen LogP contribution is 2.39. The molecule has 0 bridgehead atoms. The van der Waals surface area contributed by atoms with Gasteiger partial charge in [-0.1, -0.05) is 24.4 Å². The summed E-state index contributed by atoms with van der Waals surface area (Å²) in [5, 5.41) is 3.99. The van der Waals surface area contributed by atoms with E-state index in [4.69, 9.17) is 4.52 Å². The minimum Gasteiger partial charge on any atom is -0.469 e. The molecule has 0 aliphatic heterocycles. The van der Waals surface area contributed by atoms with E-state index in [1.54, 1.807) is 6.26 Å². The molecule has 0 N–H and O–H groups in total. The number of hydrogen-bond donors (Lipinski definition) is 0. The van der Waals surface area contributed by atoms with Crippen LogP contribution in [0.3, 0.4) is 0 Å². The molecule has 5 heteroatoms. The number of hydrogen-bond acceptors (Lipinski definition) is 5. The molecule has 0 amide bonds. The second-order valence-electron chi connectivity index (χ2n) is 5.67. The molecule has 1 fully saturated rings. The Balaban J connectivity index is 1.69. The van der Waals surface area contributed by atoms with Gasteiger partial charge >= 0.3 is 5.97 Å². The molecule has 2 unspecified atom stereocenters. The fourth-order valence-corrected chi connectivity index (χ4v) is 3.13. The summed E-state index contributed by atoms with van der Waals surface area (Å²) in [5.41, 5.74) is 0.913. The van der Waals surface area contributed by atoms with Gasteiger partial charge in [0.15, 0.2) is 0 Å². The summed E-state index contributed by atoms with van der Waals surface area (Å²) in [6, 6.07) is 1.87. The molecule has 5 nitrogen and oxygen atoms in total. The first-order valence-electron chi connectivity index (χ1n) is 7.72. The minimum absolute atomic E-state index is 0.0932. The smallest absolute Gasteiger partial charge is 0.305 e. The molecule has 0 radical (unpaired) electrons. The van der Waals surface area contributed by atoms with Crippen molar-refractivity contribution in [3.05, 3.63) is 18.0 Å². The van der Waals surface area contributed by atoms with Gasteiger partial charge in [-0.15, -0.1) is 0 Å². The Morgan fingerprint density at radius 2 is 2.19 bits per heavy atom. The average molecular weight is 293 g/mol. The maximum atomic E-state index is 12.0. The van der Waals surface area contributed by atoms with E-state index in [2.05, 4.69) is 9.89 Å². The molecule has 1 aromatic heterocycles. The lowest BCUT2D eigenvalue weighted by Crippen LogP contribution is -2.13. The maximum absolute atomic E-state index is 12.0. The summed E-state index contributed by atoms with van der Waals surface area (Å²) in [4.78, 5) is 23.0. The zero-order chi connectivity index (χ0) is 15.1. The Labute approximate surface area is 125 Å². The van der Waals surface area contributed by atoms with Crippen molar-refractivity contribution in [3.8, 4) is 0 Å². The van der Waals surface area contributed by atoms with E-state index in [0.29, 0.717) is 18.6 Å². The number of nitrogens with zero attached hydrogens (tertiary/aromatic N) is 1. The van der Waals surface area contributed by atoms with Gasteiger partial charge in [0.25, 0.3) is 0 Å². The molecule has 1 aliphatic rings. The number of methoxy groups -OCH3 is 1. The van der Waals surface area contributed by atoms with Crippen molar-refractivity contribution < 1.29 is 18.8 Å². The third-order valence-corrected chi connectivity index (χ3v) is 4.31. The fourth-order valence-electron chi connectivity index (χ4n) is 3.13. The SMILES string of the molecule is COC(=O)CCCCCCC1C(=O)CCC1c1ccon1. The first-order valence-corrected chi connectivity index (χ1v) is 7.72. The van der Waals surface area contributed by atoms with Crippen LogP contribution in [0.2, 0.25) is 0 Å². The van der Waals surface area contributed by atoms with Crippen LogP contribution in [-0.2, 0) is 14.3 Å². The van der Waals surface area contributed by atoms with Gasteiger partial charge < -0.3 is 9.26 Å². The summed E-state index contributed by atoms with van der Waals surface area (Å²) in [7, 11) is 1.41. The van der Waals surface area contributed by atoms with E-state index in [1.807, 2.05) is 6.07 Å². The summed E-state index contributed by atoms with van der Waals surface area (Å²) < 4.78 is 9.50. The van der Waals surface area contributed by atoms with Gasteiger partial charge in [0.05, 0.1) is 12.8 Å². The first kappa shape index (κ1) is 15.7. The number of aromatic nitrogens is 1. The molecule has 0 spiro atoms. The van der Waals surface area contributed by atoms with E-state index in [9.17, 15) is 9.59 Å². The number of ketones is 1. The van der Waals surface area contributed by atoms with Crippen molar-refractivity contribution in [3.63, 3.8) is 0 Å². The van der Waals surface area contributed by atoms with E-state index in [1.165, 1.54) is 7.11 Å². The number of ether oxygens (including phenoxy) is 1. The number of unbranched alkanes of at least 4 members (excludes halogenated alkanes) is 3. The van der Waals surface area contributed by atoms with Gasteiger partial charge in [-0.25, -0.2) is 0 Å². The molecule has 1 heterocycles. The highest BCUT2D eigenvalue weighted by Gasteiger charge is 2.36. The van der Waals surface area contributed by atoms with E-state index < -0.39 is 0 Å². The molecule has 21 heavy (non-hydrogen) atoms. The summed E-state index contributed by atoms with van der Waals surface area (Å²) in [5.74, 6) is 0.534. The van der Waals surface area contributed by atoms with Gasteiger partial charge in [0.2, 0.25) is 0 Å². The molecular weight excluding hydrogens is 270 g/mol. The topological polar surface area (TPSA) is 69.4 Å². The molecule has 2 rings (SSSR count).